The van der Waals surface area contributed by atoms with Crippen LogP contribution >= 0.6 is 11.8 Å². The standard InChI is InChI=1S/C12H19NO7S/c1-7(14)13-8(11(16)19-3)6-21-9(12(17)20-4)5-10(15)18-2/h8-9H,5-6H2,1-4H3,(H,13,14)/t8-,9?/m0/s1. The van der Waals surface area contributed by atoms with E-state index in [1.165, 1.54) is 28.3 Å². The molecule has 8 nitrogen and oxygen atoms in total. The van der Waals surface area contributed by atoms with Gasteiger partial charge in [-0.2, -0.15) is 0 Å². The number of ether oxygens (including phenoxy) is 3. The van der Waals surface area contributed by atoms with Crippen LogP contribution in [0, 0.1) is 0 Å². The molecule has 0 aromatic rings. The van der Waals surface area contributed by atoms with Crippen LogP contribution < -0.4 is 5.32 Å². The second kappa shape index (κ2) is 10.0. The Kier molecular flexibility index (Phi) is 9.18. The van der Waals surface area contributed by atoms with Crippen molar-refractivity contribution in [2.24, 2.45) is 0 Å². The molecule has 1 N–H and O–H groups in total. The molecule has 0 heterocycles. The van der Waals surface area contributed by atoms with Gasteiger partial charge in [0.05, 0.1) is 27.8 Å². The van der Waals surface area contributed by atoms with Gasteiger partial charge in [-0.1, -0.05) is 0 Å². The Morgan fingerprint density at radius 3 is 2.00 bits per heavy atom. The molecule has 0 aliphatic heterocycles. The molecule has 0 aromatic carbocycles. The van der Waals surface area contributed by atoms with Crippen LogP contribution in [0.5, 0.6) is 0 Å². The fraction of sp³-hybridized carbons (Fsp3) is 0.667. The fourth-order valence-electron chi connectivity index (χ4n) is 1.35. The van der Waals surface area contributed by atoms with Gasteiger partial charge in [-0.25, -0.2) is 4.79 Å². The fourth-order valence-corrected chi connectivity index (χ4v) is 2.48. The molecule has 0 aliphatic rings. The van der Waals surface area contributed by atoms with Crippen LogP contribution in [-0.2, 0) is 33.4 Å². The van der Waals surface area contributed by atoms with E-state index in [2.05, 4.69) is 19.5 Å². The Hall–Kier alpha value is -1.77. The lowest BCUT2D eigenvalue weighted by Gasteiger charge is -2.18. The van der Waals surface area contributed by atoms with Crippen LogP contribution in [0.15, 0.2) is 0 Å². The van der Waals surface area contributed by atoms with E-state index in [4.69, 9.17) is 0 Å². The van der Waals surface area contributed by atoms with Crippen molar-refractivity contribution in [3.05, 3.63) is 0 Å². The number of nitrogens with one attached hydrogen (secondary N) is 1. The normalized spacial score (nSPS) is 12.8. The van der Waals surface area contributed by atoms with Gasteiger partial charge < -0.3 is 19.5 Å². The molecule has 0 rings (SSSR count). The molecule has 0 aliphatic carbocycles. The molecule has 0 radical (unpaired) electrons. The van der Waals surface area contributed by atoms with Crippen molar-refractivity contribution in [3.63, 3.8) is 0 Å². The van der Waals surface area contributed by atoms with E-state index < -0.39 is 35.1 Å². The van der Waals surface area contributed by atoms with Gasteiger partial charge in [0.15, 0.2) is 0 Å². The zero-order valence-corrected chi connectivity index (χ0v) is 13.2. The molecule has 0 aromatic heterocycles. The molecule has 2 atom stereocenters. The van der Waals surface area contributed by atoms with Crippen molar-refractivity contribution in [1.82, 2.24) is 5.32 Å². The Morgan fingerprint density at radius 2 is 1.57 bits per heavy atom. The van der Waals surface area contributed by atoms with Crippen LogP contribution in [0.1, 0.15) is 13.3 Å². The second-order valence-electron chi connectivity index (χ2n) is 3.90. The van der Waals surface area contributed by atoms with Gasteiger partial charge in [0.1, 0.15) is 11.3 Å². The Balaban J connectivity index is 4.73. The molecule has 1 unspecified atom stereocenters. The topological polar surface area (TPSA) is 108 Å². The molecular formula is C12H19NO7S. The Morgan fingerprint density at radius 1 is 1.00 bits per heavy atom. The average molecular weight is 321 g/mol. The summed E-state index contributed by atoms with van der Waals surface area (Å²) in [5, 5.41) is 1.58. The van der Waals surface area contributed by atoms with Gasteiger partial charge in [0, 0.05) is 12.7 Å². The molecule has 0 saturated carbocycles. The minimum Gasteiger partial charge on any atom is -0.469 e. The average Bonchev–Trinajstić information content (AvgIpc) is 2.47. The van der Waals surface area contributed by atoms with E-state index in [9.17, 15) is 19.2 Å². The quantitative estimate of drug-likeness (QED) is 0.471. The molecule has 0 saturated heterocycles. The van der Waals surface area contributed by atoms with Crippen LogP contribution in [0.2, 0.25) is 0 Å². The van der Waals surface area contributed by atoms with Gasteiger partial charge in [-0.05, 0) is 0 Å². The number of rotatable bonds is 8. The van der Waals surface area contributed by atoms with Gasteiger partial charge in [-0.3, -0.25) is 14.4 Å². The first kappa shape index (κ1) is 19.2. The predicted octanol–water partition coefficient (Wildman–Crippen LogP) is -0.498. The third kappa shape index (κ3) is 7.54. The first-order chi connectivity index (χ1) is 9.85. The van der Waals surface area contributed by atoms with Gasteiger partial charge >= 0.3 is 17.9 Å². The van der Waals surface area contributed by atoms with E-state index in [0.717, 1.165) is 11.8 Å². The maximum absolute atomic E-state index is 11.6. The summed E-state index contributed by atoms with van der Waals surface area (Å²) in [6.45, 7) is 1.26. The van der Waals surface area contributed by atoms with E-state index in [0.29, 0.717) is 0 Å². The van der Waals surface area contributed by atoms with Crippen LogP contribution in [0.3, 0.4) is 0 Å². The summed E-state index contributed by atoms with van der Waals surface area (Å²) in [5.74, 6) is -2.18. The summed E-state index contributed by atoms with van der Waals surface area (Å²) < 4.78 is 13.6. The highest BCUT2D eigenvalue weighted by atomic mass is 32.2. The number of thioether (sulfide) groups is 1. The molecule has 1 amide bonds. The monoisotopic (exact) mass is 321 g/mol. The highest BCUT2D eigenvalue weighted by molar-refractivity contribution is 8.00. The lowest BCUT2D eigenvalue weighted by molar-refractivity contribution is -0.146. The number of hydrogen-bond acceptors (Lipinski definition) is 8. The highest BCUT2D eigenvalue weighted by Crippen LogP contribution is 2.18. The maximum atomic E-state index is 11.6. The summed E-state index contributed by atoms with van der Waals surface area (Å²) in [6.07, 6.45) is -0.193. The van der Waals surface area contributed by atoms with Gasteiger partial charge in [0.2, 0.25) is 5.91 Å². The van der Waals surface area contributed by atoms with E-state index >= 15 is 0 Å². The zero-order valence-electron chi connectivity index (χ0n) is 12.3. The lowest BCUT2D eigenvalue weighted by Crippen LogP contribution is -2.43. The minimum absolute atomic E-state index is 0.0585. The van der Waals surface area contributed by atoms with Crippen LogP contribution in [0.4, 0.5) is 0 Å². The van der Waals surface area contributed by atoms with Gasteiger partial charge in [0.25, 0.3) is 0 Å². The third-order valence-corrected chi connectivity index (χ3v) is 3.66. The number of carbonyl (C=O) groups is 4. The third-order valence-electron chi connectivity index (χ3n) is 2.37. The van der Waals surface area contributed by atoms with Crippen molar-refractivity contribution in [1.29, 1.82) is 0 Å². The summed E-state index contributed by atoms with van der Waals surface area (Å²) >= 11 is 1.00. The predicted molar refractivity (Wildman–Crippen MR) is 74.5 cm³/mol. The molecule has 21 heavy (non-hydrogen) atoms. The molecule has 0 fully saturated rings. The van der Waals surface area contributed by atoms with E-state index in [-0.39, 0.29) is 12.2 Å². The van der Waals surface area contributed by atoms with Gasteiger partial charge in [-0.15, -0.1) is 11.8 Å². The Labute approximate surface area is 126 Å². The summed E-state index contributed by atoms with van der Waals surface area (Å²) in [7, 11) is 3.59. The van der Waals surface area contributed by atoms with Crippen molar-refractivity contribution >= 4 is 35.6 Å². The summed E-state index contributed by atoms with van der Waals surface area (Å²) in [4.78, 5) is 45.4. The second-order valence-corrected chi connectivity index (χ2v) is 5.14. The largest absolute Gasteiger partial charge is 0.469 e. The van der Waals surface area contributed by atoms with Crippen molar-refractivity contribution < 1.29 is 33.4 Å². The molecular weight excluding hydrogens is 302 g/mol. The summed E-state index contributed by atoms with van der Waals surface area (Å²) in [6, 6.07) is -0.915. The SMILES string of the molecule is COC(=O)CC(SC[C@H](NC(C)=O)C(=O)OC)C(=O)OC. The van der Waals surface area contributed by atoms with Crippen molar-refractivity contribution in [2.45, 2.75) is 24.6 Å². The smallest absolute Gasteiger partial charge is 0.329 e. The van der Waals surface area contributed by atoms with E-state index in [1.807, 2.05) is 0 Å². The first-order valence-corrected chi connectivity index (χ1v) is 7.01. The van der Waals surface area contributed by atoms with E-state index in [1.54, 1.807) is 0 Å². The highest BCUT2D eigenvalue weighted by Gasteiger charge is 2.28. The molecule has 0 bridgehead atoms. The minimum atomic E-state index is -0.915. The van der Waals surface area contributed by atoms with Crippen LogP contribution in [0.25, 0.3) is 0 Å². The molecule has 9 heteroatoms. The van der Waals surface area contributed by atoms with Crippen LogP contribution in [-0.4, -0.2) is 62.2 Å². The molecule has 120 valence electrons. The Bertz CT molecular complexity index is 399. The molecule has 0 spiro atoms. The summed E-state index contributed by atoms with van der Waals surface area (Å²) in [5.41, 5.74) is 0. The van der Waals surface area contributed by atoms with Crippen molar-refractivity contribution in [3.8, 4) is 0 Å². The number of amides is 1. The number of esters is 3. The zero-order chi connectivity index (χ0) is 16.4. The maximum Gasteiger partial charge on any atom is 0.329 e. The number of methoxy groups -OCH3 is 3. The first-order valence-electron chi connectivity index (χ1n) is 5.96. The van der Waals surface area contributed by atoms with Crippen molar-refractivity contribution in [2.75, 3.05) is 27.1 Å². The lowest BCUT2D eigenvalue weighted by atomic mass is 10.3. The number of carbonyl (C=O) groups excluding carboxylic acids is 4. The number of hydrogen-bond donors (Lipinski definition) is 1.